The molecule has 66 valence electrons. The van der Waals surface area contributed by atoms with Gasteiger partial charge in [0.25, 0.3) is 0 Å². The highest BCUT2D eigenvalue weighted by Gasteiger charge is 1.84. The molecule has 0 saturated heterocycles. The van der Waals surface area contributed by atoms with E-state index in [1.165, 1.54) is 14.0 Å². The van der Waals surface area contributed by atoms with E-state index in [1.54, 1.807) is 6.92 Å². The maximum absolute atomic E-state index is 10.0. The Morgan fingerprint density at radius 3 is 2.25 bits per heavy atom. The number of hydrogen-bond acceptors (Lipinski definition) is 3. The number of rotatable bonds is 0. The molecular formula is C9H12O3. The summed E-state index contributed by atoms with van der Waals surface area (Å²) in [4.78, 5) is 10.0. The molecule has 1 N–H and O–H groups in total. The van der Waals surface area contributed by atoms with Gasteiger partial charge in [-0.3, -0.25) is 0 Å². The zero-order valence-corrected chi connectivity index (χ0v) is 7.26. The fourth-order valence-corrected chi connectivity index (χ4v) is 0.209. The molecule has 0 rings (SSSR count). The Morgan fingerprint density at radius 1 is 1.58 bits per heavy atom. The lowest BCUT2D eigenvalue weighted by atomic mass is 10.6. The molecule has 0 aromatic carbocycles. The van der Waals surface area contributed by atoms with Crippen LogP contribution in [-0.4, -0.2) is 24.7 Å². The zero-order chi connectivity index (χ0) is 11.6. The highest BCUT2D eigenvalue weighted by molar-refractivity contribution is 5.88. The van der Waals surface area contributed by atoms with E-state index >= 15 is 0 Å². The van der Waals surface area contributed by atoms with Gasteiger partial charge in [0, 0.05) is 5.92 Å². The fourth-order valence-electron chi connectivity index (χ4n) is 0.209. The van der Waals surface area contributed by atoms with Gasteiger partial charge in [-0.25, -0.2) is 4.79 Å². The van der Waals surface area contributed by atoms with Crippen LogP contribution in [0.15, 0.2) is 0 Å². The summed E-state index contributed by atoms with van der Waals surface area (Å²) in [6.07, 6.45) is 0. The SMILES string of the molecule is CC#CC(=O)OC.[2H]C([2H])(O)C#CC. The van der Waals surface area contributed by atoms with Crippen molar-refractivity contribution in [3.63, 3.8) is 0 Å². The standard InChI is InChI=1S/C5H6O2.C4H6O/c1-3-4-5(6)7-2;1-2-3-4-5/h1-2H3;5H,4H2,1H3/i;4D2. The van der Waals surface area contributed by atoms with Crippen molar-refractivity contribution in [2.24, 2.45) is 0 Å². The first-order valence-electron chi connectivity index (χ1n) is 4.04. The molecule has 0 spiro atoms. The molecule has 3 heteroatoms. The minimum absolute atomic E-state index is 0.484. The third kappa shape index (κ3) is 15.8. The van der Waals surface area contributed by atoms with E-state index in [2.05, 4.69) is 22.5 Å². The van der Waals surface area contributed by atoms with Crippen molar-refractivity contribution >= 4 is 5.97 Å². The molecule has 0 fully saturated rings. The summed E-state index contributed by atoms with van der Waals surface area (Å²) in [7, 11) is 1.30. The molecule has 0 aliphatic heterocycles. The second kappa shape index (κ2) is 12.2. The van der Waals surface area contributed by atoms with Crippen LogP contribution in [0.2, 0.25) is 0 Å². The quantitative estimate of drug-likeness (QED) is 0.320. The van der Waals surface area contributed by atoms with E-state index in [9.17, 15) is 4.79 Å². The molecular weight excluding hydrogens is 156 g/mol. The van der Waals surface area contributed by atoms with Crippen molar-refractivity contribution in [1.82, 2.24) is 0 Å². The monoisotopic (exact) mass is 170 g/mol. The Labute approximate surface area is 75.5 Å². The molecule has 0 atom stereocenters. The summed E-state index contributed by atoms with van der Waals surface area (Å²) in [6, 6.07) is 0. The average molecular weight is 170 g/mol. The van der Waals surface area contributed by atoms with Crippen LogP contribution in [0, 0.1) is 23.7 Å². The summed E-state index contributed by atoms with van der Waals surface area (Å²) in [5, 5.41) is 8.18. The summed E-state index contributed by atoms with van der Waals surface area (Å²) >= 11 is 0. The number of hydrogen-bond donors (Lipinski definition) is 1. The number of carbonyl (C=O) groups excluding carboxylic acids is 1. The smallest absolute Gasteiger partial charge is 0.384 e. The van der Waals surface area contributed by atoms with Crippen LogP contribution in [0.3, 0.4) is 0 Å². The Hall–Kier alpha value is -1.45. The van der Waals surface area contributed by atoms with Crippen molar-refractivity contribution in [3.05, 3.63) is 0 Å². The number of ether oxygens (including phenoxy) is 1. The van der Waals surface area contributed by atoms with E-state index in [0.29, 0.717) is 0 Å². The van der Waals surface area contributed by atoms with Crippen molar-refractivity contribution in [1.29, 1.82) is 0 Å². The van der Waals surface area contributed by atoms with Gasteiger partial charge >= 0.3 is 5.97 Å². The van der Waals surface area contributed by atoms with E-state index in [-0.39, 0.29) is 0 Å². The zero-order valence-electron chi connectivity index (χ0n) is 9.26. The lowest BCUT2D eigenvalue weighted by Crippen LogP contribution is -1.93. The van der Waals surface area contributed by atoms with Crippen molar-refractivity contribution in [2.45, 2.75) is 13.8 Å². The number of aliphatic hydroxyl groups is 1. The molecule has 0 unspecified atom stereocenters. The van der Waals surface area contributed by atoms with Gasteiger partial charge in [-0.2, -0.15) is 0 Å². The van der Waals surface area contributed by atoms with Crippen molar-refractivity contribution in [3.8, 4) is 23.7 Å². The second-order valence-electron chi connectivity index (χ2n) is 1.35. The largest absolute Gasteiger partial charge is 0.459 e. The van der Waals surface area contributed by atoms with Crippen molar-refractivity contribution in [2.75, 3.05) is 13.7 Å². The molecule has 0 saturated carbocycles. The number of esters is 1. The third-order valence-electron chi connectivity index (χ3n) is 0.593. The van der Waals surface area contributed by atoms with Crippen LogP contribution in [0.4, 0.5) is 0 Å². The van der Waals surface area contributed by atoms with Crippen LogP contribution >= 0.6 is 0 Å². The first kappa shape index (κ1) is 8.64. The maximum atomic E-state index is 10.0. The van der Waals surface area contributed by atoms with Gasteiger partial charge in [0.05, 0.1) is 9.85 Å². The van der Waals surface area contributed by atoms with Gasteiger partial charge in [0.1, 0.15) is 6.56 Å². The van der Waals surface area contributed by atoms with E-state index in [0.717, 1.165) is 0 Å². The predicted octanol–water partition coefficient (Wildman–Crippen LogP) is 0.185. The van der Waals surface area contributed by atoms with Crippen LogP contribution in [0.25, 0.3) is 0 Å². The highest BCUT2D eigenvalue weighted by atomic mass is 16.5. The molecule has 12 heavy (non-hydrogen) atoms. The van der Waals surface area contributed by atoms with Gasteiger partial charge in [0.2, 0.25) is 0 Å². The first-order valence-corrected chi connectivity index (χ1v) is 3.04. The van der Waals surface area contributed by atoms with Crippen LogP contribution in [0.5, 0.6) is 0 Å². The van der Waals surface area contributed by atoms with Crippen LogP contribution in [0.1, 0.15) is 16.6 Å². The predicted molar refractivity (Wildman–Crippen MR) is 46.0 cm³/mol. The minimum atomic E-state index is -2.31. The van der Waals surface area contributed by atoms with Gasteiger partial charge < -0.3 is 9.84 Å². The van der Waals surface area contributed by atoms with Crippen LogP contribution in [-0.2, 0) is 9.53 Å². The molecule has 0 radical (unpaired) electrons. The molecule has 0 amide bonds. The Kier molecular flexibility index (Phi) is 8.82. The van der Waals surface area contributed by atoms with E-state index in [1.807, 2.05) is 5.92 Å². The van der Waals surface area contributed by atoms with Crippen molar-refractivity contribution < 1.29 is 17.4 Å². The molecule has 0 aliphatic carbocycles. The summed E-state index contributed by atoms with van der Waals surface area (Å²) < 4.78 is 16.9. The summed E-state index contributed by atoms with van der Waals surface area (Å²) in [5.41, 5.74) is 0. The maximum Gasteiger partial charge on any atom is 0.384 e. The average Bonchev–Trinajstić information content (AvgIpc) is 2.03. The van der Waals surface area contributed by atoms with Crippen LogP contribution < -0.4 is 0 Å². The van der Waals surface area contributed by atoms with Gasteiger partial charge in [-0.05, 0) is 13.8 Å². The Balaban J connectivity index is 0. The topological polar surface area (TPSA) is 46.5 Å². The van der Waals surface area contributed by atoms with E-state index < -0.39 is 12.5 Å². The molecule has 0 heterocycles. The normalized spacial score (nSPS) is 9.33. The van der Waals surface area contributed by atoms with Gasteiger partial charge in [-0.1, -0.05) is 11.8 Å². The second-order valence-corrected chi connectivity index (χ2v) is 1.35. The Bertz CT molecular complexity index is 283. The first-order chi connectivity index (χ1) is 6.37. The third-order valence-corrected chi connectivity index (χ3v) is 0.593. The molecule has 3 nitrogen and oxygen atoms in total. The lowest BCUT2D eigenvalue weighted by Gasteiger charge is -1.81. The fraction of sp³-hybridized carbons (Fsp3) is 0.444. The van der Waals surface area contributed by atoms with Gasteiger partial charge in [-0.15, -0.1) is 5.92 Å². The lowest BCUT2D eigenvalue weighted by molar-refractivity contribution is -0.133. The number of methoxy groups -OCH3 is 1. The van der Waals surface area contributed by atoms with Gasteiger partial charge in [0.15, 0.2) is 0 Å². The number of carbonyl (C=O) groups is 1. The summed E-state index contributed by atoms with van der Waals surface area (Å²) in [5.74, 6) is 8.25. The Morgan fingerprint density at radius 2 is 2.17 bits per heavy atom. The van der Waals surface area contributed by atoms with E-state index in [4.69, 9.17) is 7.85 Å². The highest BCUT2D eigenvalue weighted by Crippen LogP contribution is 1.64. The molecule has 0 aromatic heterocycles. The molecule has 0 aromatic rings. The minimum Gasteiger partial charge on any atom is -0.459 e. The molecule has 0 bridgehead atoms. The molecule has 0 aliphatic rings. The summed E-state index contributed by atoms with van der Waals surface area (Å²) in [6.45, 7) is 0.736.